The van der Waals surface area contributed by atoms with Crippen LogP contribution in [0.3, 0.4) is 0 Å². The second-order valence-corrected chi connectivity index (χ2v) is 5.32. The molecule has 1 amide bonds. The van der Waals surface area contributed by atoms with E-state index in [1.807, 2.05) is 20.8 Å². The van der Waals surface area contributed by atoms with E-state index in [4.69, 9.17) is 4.74 Å². The summed E-state index contributed by atoms with van der Waals surface area (Å²) in [6, 6.07) is 7.07. The Balaban J connectivity index is 2.46. The molecule has 1 atom stereocenters. The van der Waals surface area contributed by atoms with Gasteiger partial charge in [-0.25, -0.2) is 0 Å². The number of benzene rings is 1. The second-order valence-electron chi connectivity index (χ2n) is 5.32. The van der Waals surface area contributed by atoms with Crippen LogP contribution in [0.2, 0.25) is 0 Å². The van der Waals surface area contributed by atoms with Gasteiger partial charge in [-0.2, -0.15) is 0 Å². The molecule has 0 radical (unpaired) electrons. The van der Waals surface area contributed by atoms with Crippen molar-refractivity contribution in [2.24, 2.45) is 0 Å². The van der Waals surface area contributed by atoms with Gasteiger partial charge in [0.25, 0.3) is 5.91 Å². The van der Waals surface area contributed by atoms with Crippen molar-refractivity contribution in [1.29, 1.82) is 0 Å². The van der Waals surface area contributed by atoms with Gasteiger partial charge in [-0.3, -0.25) is 4.79 Å². The maximum Gasteiger partial charge on any atom is 0.258 e. The molecule has 4 nitrogen and oxygen atoms in total. The lowest BCUT2D eigenvalue weighted by Crippen LogP contribution is -2.44. The highest BCUT2D eigenvalue weighted by molar-refractivity contribution is 5.78. The van der Waals surface area contributed by atoms with E-state index in [1.165, 1.54) is 0 Å². The number of carbonyl (C=O) groups excluding carboxylic acids is 1. The normalized spacial score (nSPS) is 12.9. The number of hydrogen-bond donors (Lipinski definition) is 2. The van der Waals surface area contributed by atoms with Crippen LogP contribution in [0.25, 0.3) is 0 Å². The minimum absolute atomic E-state index is 0.00252. The van der Waals surface area contributed by atoms with Crippen LogP contribution in [0, 0.1) is 0 Å². The fraction of sp³-hybridized carbons (Fsp3) is 0.533. The Morgan fingerprint density at radius 1 is 1.37 bits per heavy atom. The number of hydrogen-bond acceptors (Lipinski definition) is 3. The third-order valence-electron chi connectivity index (χ3n) is 3.09. The lowest BCUT2D eigenvalue weighted by Gasteiger charge is -2.24. The van der Waals surface area contributed by atoms with Crippen molar-refractivity contribution in [3.63, 3.8) is 0 Å². The molecule has 0 aliphatic rings. The quantitative estimate of drug-likeness (QED) is 0.830. The minimum Gasteiger partial charge on any atom is -0.484 e. The third-order valence-corrected chi connectivity index (χ3v) is 3.09. The first kappa shape index (κ1) is 15.5. The van der Waals surface area contributed by atoms with Gasteiger partial charge >= 0.3 is 0 Å². The molecular formula is C15H23NO3. The monoisotopic (exact) mass is 265 g/mol. The van der Waals surface area contributed by atoms with Crippen LogP contribution in [0.5, 0.6) is 5.75 Å². The molecular weight excluding hydrogens is 242 g/mol. The van der Waals surface area contributed by atoms with Crippen molar-refractivity contribution in [2.45, 2.75) is 45.8 Å². The van der Waals surface area contributed by atoms with Crippen molar-refractivity contribution in [3.05, 3.63) is 29.8 Å². The van der Waals surface area contributed by atoms with Gasteiger partial charge in [0.05, 0.1) is 6.10 Å². The van der Waals surface area contributed by atoms with Gasteiger partial charge in [0, 0.05) is 5.54 Å². The molecule has 0 unspecified atom stereocenters. The molecule has 2 N–H and O–H groups in total. The molecule has 0 saturated carbocycles. The average Bonchev–Trinajstić information content (AvgIpc) is 2.36. The highest BCUT2D eigenvalue weighted by Crippen LogP contribution is 2.17. The number of rotatable bonds is 6. The summed E-state index contributed by atoms with van der Waals surface area (Å²) in [6.45, 7) is 7.67. The Kier molecular flexibility index (Phi) is 5.36. The van der Waals surface area contributed by atoms with Gasteiger partial charge in [0.15, 0.2) is 6.61 Å². The van der Waals surface area contributed by atoms with Crippen molar-refractivity contribution in [2.75, 3.05) is 6.61 Å². The minimum atomic E-state index is -0.497. The molecule has 1 aromatic rings. The van der Waals surface area contributed by atoms with Crippen LogP contribution in [-0.2, 0) is 4.79 Å². The first-order valence-corrected chi connectivity index (χ1v) is 6.56. The number of amides is 1. The molecule has 0 aliphatic carbocycles. The maximum atomic E-state index is 11.7. The number of aliphatic hydroxyl groups is 1. The largest absolute Gasteiger partial charge is 0.484 e. The van der Waals surface area contributed by atoms with Gasteiger partial charge in [0.2, 0.25) is 0 Å². The van der Waals surface area contributed by atoms with Gasteiger partial charge in [-0.1, -0.05) is 19.1 Å². The Morgan fingerprint density at radius 2 is 1.95 bits per heavy atom. The van der Waals surface area contributed by atoms with Gasteiger partial charge in [-0.05, 0) is 44.9 Å². The fourth-order valence-corrected chi connectivity index (χ4v) is 1.49. The molecule has 0 heterocycles. The first-order chi connectivity index (χ1) is 8.84. The molecule has 0 aromatic heterocycles. The van der Waals surface area contributed by atoms with Crippen LogP contribution < -0.4 is 10.1 Å². The highest BCUT2D eigenvalue weighted by Gasteiger charge is 2.17. The molecule has 4 heteroatoms. The molecule has 1 aromatic carbocycles. The van der Waals surface area contributed by atoms with Crippen LogP contribution in [0.4, 0.5) is 0 Å². The van der Waals surface area contributed by atoms with E-state index in [9.17, 15) is 9.90 Å². The molecule has 0 aliphatic heterocycles. The summed E-state index contributed by atoms with van der Waals surface area (Å²) in [7, 11) is 0. The van der Waals surface area contributed by atoms with Crippen molar-refractivity contribution >= 4 is 5.91 Å². The van der Waals surface area contributed by atoms with Gasteiger partial charge < -0.3 is 15.2 Å². The molecule has 0 spiro atoms. The van der Waals surface area contributed by atoms with Crippen LogP contribution >= 0.6 is 0 Å². The van der Waals surface area contributed by atoms with E-state index in [0.29, 0.717) is 5.75 Å². The average molecular weight is 265 g/mol. The fourth-order valence-electron chi connectivity index (χ4n) is 1.49. The van der Waals surface area contributed by atoms with E-state index in [-0.39, 0.29) is 18.1 Å². The summed E-state index contributed by atoms with van der Waals surface area (Å²) in [5.41, 5.74) is 0.611. The van der Waals surface area contributed by atoms with Crippen molar-refractivity contribution < 1.29 is 14.6 Å². The number of nitrogens with one attached hydrogen (secondary N) is 1. The zero-order valence-corrected chi connectivity index (χ0v) is 12.1. The second kappa shape index (κ2) is 6.57. The summed E-state index contributed by atoms with van der Waals surface area (Å²) in [5, 5.41) is 12.3. The molecule has 19 heavy (non-hydrogen) atoms. The Morgan fingerprint density at radius 3 is 2.42 bits per heavy atom. The molecule has 0 bridgehead atoms. The highest BCUT2D eigenvalue weighted by atomic mass is 16.5. The lowest BCUT2D eigenvalue weighted by molar-refractivity contribution is -0.124. The topological polar surface area (TPSA) is 58.6 Å². The standard InChI is InChI=1S/C15H23NO3/c1-5-15(3,4)16-14(18)10-19-13-8-6-12(7-9-13)11(2)17/h6-9,11,17H,5,10H2,1-4H3,(H,16,18)/t11-/m0/s1. The van der Waals surface area contributed by atoms with E-state index in [2.05, 4.69) is 5.32 Å². The predicted octanol–water partition coefficient (Wildman–Crippen LogP) is 2.42. The summed E-state index contributed by atoms with van der Waals surface area (Å²) < 4.78 is 5.40. The summed E-state index contributed by atoms with van der Waals surface area (Å²) >= 11 is 0. The first-order valence-electron chi connectivity index (χ1n) is 6.56. The van der Waals surface area contributed by atoms with Crippen LogP contribution in [0.1, 0.15) is 45.8 Å². The molecule has 106 valence electrons. The zero-order valence-electron chi connectivity index (χ0n) is 12.1. The number of carbonyl (C=O) groups is 1. The van der Waals surface area contributed by atoms with Crippen molar-refractivity contribution in [1.82, 2.24) is 5.32 Å². The summed E-state index contributed by atoms with van der Waals surface area (Å²) in [4.78, 5) is 11.7. The Bertz CT molecular complexity index is 410. The van der Waals surface area contributed by atoms with E-state index >= 15 is 0 Å². The maximum absolute atomic E-state index is 11.7. The Labute approximate surface area is 114 Å². The van der Waals surface area contributed by atoms with Gasteiger partial charge in [-0.15, -0.1) is 0 Å². The third kappa shape index (κ3) is 5.30. The van der Waals surface area contributed by atoms with Crippen molar-refractivity contribution in [3.8, 4) is 5.75 Å². The smallest absolute Gasteiger partial charge is 0.258 e. The van der Waals surface area contributed by atoms with E-state index in [1.54, 1.807) is 31.2 Å². The number of ether oxygens (including phenoxy) is 1. The molecule has 0 saturated heterocycles. The summed E-state index contributed by atoms with van der Waals surface area (Å²) in [5.74, 6) is 0.486. The molecule has 1 rings (SSSR count). The SMILES string of the molecule is CCC(C)(C)NC(=O)COc1ccc([C@H](C)O)cc1. The number of aliphatic hydroxyl groups excluding tert-OH is 1. The predicted molar refractivity (Wildman–Crippen MR) is 75.1 cm³/mol. The Hall–Kier alpha value is -1.55. The van der Waals surface area contributed by atoms with E-state index in [0.717, 1.165) is 12.0 Å². The zero-order chi connectivity index (χ0) is 14.5. The summed E-state index contributed by atoms with van der Waals surface area (Å²) in [6.07, 6.45) is 0.365. The van der Waals surface area contributed by atoms with E-state index < -0.39 is 6.10 Å². The van der Waals surface area contributed by atoms with Gasteiger partial charge in [0.1, 0.15) is 5.75 Å². The van der Waals surface area contributed by atoms with Crippen LogP contribution in [0.15, 0.2) is 24.3 Å². The molecule has 0 fully saturated rings. The lowest BCUT2D eigenvalue weighted by atomic mass is 10.0. The van der Waals surface area contributed by atoms with Crippen LogP contribution in [-0.4, -0.2) is 23.2 Å².